The third-order valence-electron chi connectivity index (χ3n) is 2.62. The van der Waals surface area contributed by atoms with Crippen LogP contribution in [0, 0.1) is 4.77 Å². The molecule has 0 saturated heterocycles. The maximum atomic E-state index is 5.43. The number of ether oxygens (including phenoxy) is 1. The van der Waals surface area contributed by atoms with Crippen LogP contribution in [0.25, 0.3) is 5.69 Å². The van der Waals surface area contributed by atoms with Gasteiger partial charge in [-0.15, -0.1) is 0 Å². The maximum Gasteiger partial charge on any atom is 0.199 e. The van der Waals surface area contributed by atoms with Crippen molar-refractivity contribution in [3.8, 4) is 11.4 Å². The lowest BCUT2D eigenvalue weighted by molar-refractivity contribution is 0.340. The Morgan fingerprint density at radius 1 is 1.28 bits per heavy atom. The van der Waals surface area contributed by atoms with E-state index in [2.05, 4.69) is 17.1 Å². The molecule has 0 aliphatic heterocycles. The van der Waals surface area contributed by atoms with E-state index in [1.165, 1.54) is 0 Å². The monoisotopic (exact) mass is 263 g/mol. The highest BCUT2D eigenvalue weighted by Crippen LogP contribution is 2.17. The average Bonchev–Trinajstić information content (AvgIpc) is 2.73. The molecule has 0 unspecified atom stereocenters. The summed E-state index contributed by atoms with van der Waals surface area (Å²) in [7, 11) is 0. The van der Waals surface area contributed by atoms with Gasteiger partial charge in [-0.1, -0.05) is 6.92 Å². The average molecular weight is 263 g/mol. The van der Waals surface area contributed by atoms with Crippen LogP contribution < -0.4 is 4.74 Å². The van der Waals surface area contributed by atoms with E-state index in [1.807, 2.05) is 35.8 Å². The van der Waals surface area contributed by atoms with Crippen LogP contribution >= 0.6 is 12.2 Å². The first-order chi connectivity index (χ1) is 8.76. The third-order valence-corrected chi connectivity index (χ3v) is 2.90. The van der Waals surface area contributed by atoms with E-state index in [9.17, 15) is 0 Å². The molecular formula is C13H17N3OS. The van der Waals surface area contributed by atoms with Gasteiger partial charge in [-0.05, 0) is 49.8 Å². The summed E-state index contributed by atoms with van der Waals surface area (Å²) < 4.78 is 8.02. The van der Waals surface area contributed by atoms with E-state index in [-0.39, 0.29) is 0 Å². The zero-order chi connectivity index (χ0) is 13.0. The van der Waals surface area contributed by atoms with Gasteiger partial charge in [0.2, 0.25) is 0 Å². The van der Waals surface area contributed by atoms with E-state index in [0.717, 1.165) is 30.1 Å². The summed E-state index contributed by atoms with van der Waals surface area (Å²) in [6, 6.07) is 7.89. The zero-order valence-electron chi connectivity index (χ0n) is 10.6. The number of hydrogen-bond acceptors (Lipinski definition) is 3. The fourth-order valence-corrected chi connectivity index (χ4v) is 2.10. The van der Waals surface area contributed by atoms with Gasteiger partial charge in [0.1, 0.15) is 11.6 Å². The van der Waals surface area contributed by atoms with E-state index >= 15 is 0 Å². The molecule has 2 aromatic rings. The number of aryl methyl sites for hydroxylation is 1. The number of H-pyrrole nitrogens is 1. The molecule has 1 N–H and O–H groups in total. The standard InChI is InChI=1S/C13H17N3OS/c1-3-5-12-14-15-13(18)16(12)10-6-8-11(9-7-10)17-4-2/h6-9H,3-5H2,1-2H3,(H,15,18). The molecule has 4 nitrogen and oxygen atoms in total. The van der Waals surface area contributed by atoms with Crippen molar-refractivity contribution in [2.75, 3.05) is 6.61 Å². The number of rotatable bonds is 5. The molecule has 0 radical (unpaired) electrons. The normalized spacial score (nSPS) is 10.6. The molecule has 0 aliphatic carbocycles. The minimum Gasteiger partial charge on any atom is -0.494 e. The molecule has 5 heteroatoms. The number of aromatic amines is 1. The highest BCUT2D eigenvalue weighted by molar-refractivity contribution is 7.71. The van der Waals surface area contributed by atoms with Crippen molar-refractivity contribution < 1.29 is 4.74 Å². The van der Waals surface area contributed by atoms with Crippen LogP contribution in [0.2, 0.25) is 0 Å². The lowest BCUT2D eigenvalue weighted by Crippen LogP contribution is -2.01. The van der Waals surface area contributed by atoms with Crippen LogP contribution in [0.15, 0.2) is 24.3 Å². The molecule has 0 fully saturated rings. The van der Waals surface area contributed by atoms with E-state index in [0.29, 0.717) is 11.4 Å². The van der Waals surface area contributed by atoms with Crippen LogP contribution in [-0.2, 0) is 6.42 Å². The molecule has 0 bridgehead atoms. The van der Waals surface area contributed by atoms with E-state index in [1.54, 1.807) is 0 Å². The first-order valence-corrected chi connectivity index (χ1v) is 6.56. The summed E-state index contributed by atoms with van der Waals surface area (Å²) in [6.45, 7) is 4.77. The second-order valence-corrected chi connectivity index (χ2v) is 4.34. The first-order valence-electron chi connectivity index (χ1n) is 6.15. The Hall–Kier alpha value is -1.62. The van der Waals surface area contributed by atoms with Crippen LogP contribution in [0.4, 0.5) is 0 Å². The van der Waals surface area contributed by atoms with Gasteiger partial charge >= 0.3 is 0 Å². The van der Waals surface area contributed by atoms with Crippen LogP contribution in [0.1, 0.15) is 26.1 Å². The molecule has 96 valence electrons. The Balaban J connectivity index is 2.36. The fourth-order valence-electron chi connectivity index (χ4n) is 1.85. The maximum absolute atomic E-state index is 5.43. The number of benzene rings is 1. The second-order valence-electron chi connectivity index (χ2n) is 3.96. The molecule has 0 atom stereocenters. The molecular weight excluding hydrogens is 246 g/mol. The Labute approximate surface area is 112 Å². The minimum atomic E-state index is 0.627. The van der Waals surface area contributed by atoms with Gasteiger partial charge in [-0.25, -0.2) is 0 Å². The van der Waals surface area contributed by atoms with E-state index in [4.69, 9.17) is 17.0 Å². The fraction of sp³-hybridized carbons (Fsp3) is 0.385. The van der Waals surface area contributed by atoms with Crippen molar-refractivity contribution in [3.05, 3.63) is 34.9 Å². The molecule has 0 amide bonds. The van der Waals surface area contributed by atoms with Gasteiger partial charge in [0, 0.05) is 12.1 Å². The summed E-state index contributed by atoms with van der Waals surface area (Å²) in [5, 5.41) is 7.10. The van der Waals surface area contributed by atoms with Crippen molar-refractivity contribution in [2.24, 2.45) is 0 Å². The largest absolute Gasteiger partial charge is 0.494 e. The number of hydrogen-bond donors (Lipinski definition) is 1. The highest BCUT2D eigenvalue weighted by Gasteiger charge is 2.07. The Bertz CT molecular complexity index is 556. The smallest absolute Gasteiger partial charge is 0.199 e. The number of nitrogens with zero attached hydrogens (tertiary/aromatic N) is 2. The molecule has 1 aromatic carbocycles. The summed E-state index contributed by atoms with van der Waals surface area (Å²) in [4.78, 5) is 0. The Morgan fingerprint density at radius 2 is 2.00 bits per heavy atom. The quantitative estimate of drug-likeness (QED) is 0.842. The Morgan fingerprint density at radius 3 is 2.61 bits per heavy atom. The molecule has 0 saturated carbocycles. The Kier molecular flexibility index (Phi) is 4.15. The number of aromatic nitrogens is 3. The van der Waals surface area contributed by atoms with Crippen LogP contribution in [0.5, 0.6) is 5.75 Å². The summed E-state index contributed by atoms with van der Waals surface area (Å²) in [5.41, 5.74) is 1.01. The minimum absolute atomic E-state index is 0.627. The summed E-state index contributed by atoms with van der Waals surface area (Å²) >= 11 is 5.27. The van der Waals surface area contributed by atoms with Crippen molar-refractivity contribution in [2.45, 2.75) is 26.7 Å². The van der Waals surface area contributed by atoms with E-state index < -0.39 is 0 Å². The summed E-state index contributed by atoms with van der Waals surface area (Å²) in [6.07, 6.45) is 1.94. The van der Waals surface area contributed by atoms with Gasteiger partial charge in [0.25, 0.3) is 0 Å². The van der Waals surface area contributed by atoms with Gasteiger partial charge in [0.15, 0.2) is 4.77 Å². The van der Waals surface area contributed by atoms with Gasteiger partial charge in [-0.3, -0.25) is 9.67 Å². The van der Waals surface area contributed by atoms with Crippen molar-refractivity contribution in [1.82, 2.24) is 14.8 Å². The number of nitrogens with one attached hydrogen (secondary N) is 1. The molecule has 1 aromatic heterocycles. The predicted molar refractivity (Wildman–Crippen MR) is 73.9 cm³/mol. The molecule has 18 heavy (non-hydrogen) atoms. The van der Waals surface area contributed by atoms with Crippen LogP contribution in [-0.4, -0.2) is 21.4 Å². The van der Waals surface area contributed by atoms with Crippen molar-refractivity contribution >= 4 is 12.2 Å². The van der Waals surface area contributed by atoms with Crippen molar-refractivity contribution in [3.63, 3.8) is 0 Å². The lowest BCUT2D eigenvalue weighted by Gasteiger charge is -2.07. The molecule has 2 rings (SSSR count). The molecule has 1 heterocycles. The van der Waals surface area contributed by atoms with Crippen LogP contribution in [0.3, 0.4) is 0 Å². The first kappa shape index (κ1) is 12.8. The topological polar surface area (TPSA) is 42.8 Å². The SMILES string of the molecule is CCCc1n[nH]c(=S)n1-c1ccc(OCC)cc1. The predicted octanol–water partition coefficient (Wildman–Crippen LogP) is 3.28. The van der Waals surface area contributed by atoms with Gasteiger partial charge in [-0.2, -0.15) is 5.10 Å². The summed E-state index contributed by atoms with van der Waals surface area (Å²) in [5.74, 6) is 1.83. The molecule has 0 spiro atoms. The highest BCUT2D eigenvalue weighted by atomic mass is 32.1. The lowest BCUT2D eigenvalue weighted by atomic mass is 10.2. The third kappa shape index (κ3) is 2.61. The second kappa shape index (κ2) is 5.82. The van der Waals surface area contributed by atoms with Gasteiger partial charge in [0.05, 0.1) is 6.61 Å². The molecule has 0 aliphatic rings. The van der Waals surface area contributed by atoms with Crippen molar-refractivity contribution in [1.29, 1.82) is 0 Å². The zero-order valence-corrected chi connectivity index (χ0v) is 11.5. The van der Waals surface area contributed by atoms with Gasteiger partial charge < -0.3 is 4.74 Å².